The number of ether oxygens (including phenoxy) is 1. The van der Waals surface area contributed by atoms with Crippen LogP contribution in [0.25, 0.3) is 0 Å². The molecular weight excluding hydrogens is 314 g/mol. The van der Waals surface area contributed by atoms with Gasteiger partial charge in [-0.1, -0.05) is 24.3 Å². The lowest BCUT2D eigenvalue weighted by Crippen LogP contribution is -2.45. The van der Waals surface area contributed by atoms with Gasteiger partial charge in [-0.25, -0.2) is 8.78 Å². The van der Waals surface area contributed by atoms with Gasteiger partial charge in [0.1, 0.15) is 17.7 Å². The largest absolute Gasteiger partial charge is 0.371 e. The molecule has 1 amide bonds. The van der Waals surface area contributed by atoms with Crippen LogP contribution in [0.3, 0.4) is 0 Å². The van der Waals surface area contributed by atoms with E-state index in [1.165, 1.54) is 24.3 Å². The number of halogens is 2. The number of amides is 1. The number of hydrogen-bond donors (Lipinski definition) is 1. The molecule has 24 heavy (non-hydrogen) atoms. The van der Waals surface area contributed by atoms with Crippen molar-refractivity contribution in [2.24, 2.45) is 5.73 Å². The van der Waals surface area contributed by atoms with Crippen LogP contribution in [0.1, 0.15) is 23.3 Å². The van der Waals surface area contributed by atoms with Crippen molar-refractivity contribution in [3.05, 3.63) is 71.3 Å². The first-order valence-corrected chi connectivity index (χ1v) is 7.70. The molecule has 1 fully saturated rings. The second-order valence-corrected chi connectivity index (χ2v) is 5.76. The summed E-state index contributed by atoms with van der Waals surface area (Å²) in [5.41, 5.74) is 7.06. The quantitative estimate of drug-likeness (QED) is 0.936. The zero-order valence-electron chi connectivity index (χ0n) is 13.0. The van der Waals surface area contributed by atoms with E-state index in [0.29, 0.717) is 25.3 Å². The summed E-state index contributed by atoms with van der Waals surface area (Å²) in [6, 6.07) is 11.2. The fourth-order valence-electron chi connectivity index (χ4n) is 2.98. The fourth-order valence-corrected chi connectivity index (χ4v) is 2.98. The molecule has 1 heterocycles. The van der Waals surface area contributed by atoms with E-state index in [0.717, 1.165) is 5.56 Å². The highest BCUT2D eigenvalue weighted by atomic mass is 19.1. The monoisotopic (exact) mass is 332 g/mol. The van der Waals surface area contributed by atoms with E-state index < -0.39 is 11.9 Å². The van der Waals surface area contributed by atoms with E-state index in [2.05, 4.69) is 0 Å². The first-order chi connectivity index (χ1) is 11.5. The Hall–Kier alpha value is -2.31. The predicted octanol–water partition coefficient (Wildman–Crippen LogP) is 2.56. The Labute approximate surface area is 138 Å². The molecule has 0 aromatic heterocycles. The molecule has 3 rings (SSSR count). The number of carbonyl (C=O) groups excluding carboxylic acids is 1. The van der Waals surface area contributed by atoms with Gasteiger partial charge in [0, 0.05) is 13.1 Å². The molecule has 2 N–H and O–H groups in total. The molecule has 0 radical (unpaired) electrons. The summed E-state index contributed by atoms with van der Waals surface area (Å²) in [6.45, 7) is 1.40. The van der Waals surface area contributed by atoms with Crippen molar-refractivity contribution in [3.8, 4) is 0 Å². The number of morpholine rings is 1. The standard InChI is InChI=1S/C18H18F2N2O2/c19-14-5-1-12(2-6-14)16-11-22(9-10-24-16)17(18(21)23)13-3-7-15(20)8-4-13/h1-8,16-17H,9-11H2,(H2,21,23)/t16-,17+/m0/s1. The number of carbonyl (C=O) groups is 1. The van der Waals surface area contributed by atoms with Crippen molar-refractivity contribution in [3.63, 3.8) is 0 Å². The van der Waals surface area contributed by atoms with Gasteiger partial charge in [0.2, 0.25) is 5.91 Å². The third kappa shape index (κ3) is 3.60. The molecule has 1 saturated heterocycles. The zero-order valence-corrected chi connectivity index (χ0v) is 13.0. The Bertz CT molecular complexity index is 704. The van der Waals surface area contributed by atoms with Gasteiger partial charge < -0.3 is 10.5 Å². The molecule has 0 bridgehead atoms. The highest BCUT2D eigenvalue weighted by molar-refractivity contribution is 5.81. The van der Waals surface area contributed by atoms with E-state index >= 15 is 0 Å². The SMILES string of the molecule is NC(=O)[C@@H](c1ccc(F)cc1)N1CCO[C@H](c2ccc(F)cc2)C1. The summed E-state index contributed by atoms with van der Waals surface area (Å²) in [5, 5.41) is 0. The van der Waals surface area contributed by atoms with Gasteiger partial charge in [0.25, 0.3) is 0 Å². The number of hydrogen-bond acceptors (Lipinski definition) is 3. The number of nitrogens with zero attached hydrogens (tertiary/aromatic N) is 1. The Morgan fingerprint density at radius 1 is 1.08 bits per heavy atom. The maximum Gasteiger partial charge on any atom is 0.239 e. The summed E-state index contributed by atoms with van der Waals surface area (Å²) < 4.78 is 31.9. The second kappa shape index (κ2) is 7.07. The molecule has 0 spiro atoms. The van der Waals surface area contributed by atoms with Crippen LogP contribution in [-0.4, -0.2) is 30.5 Å². The molecule has 0 aliphatic carbocycles. The van der Waals surface area contributed by atoms with Crippen LogP contribution < -0.4 is 5.73 Å². The molecule has 6 heteroatoms. The molecule has 4 nitrogen and oxygen atoms in total. The van der Waals surface area contributed by atoms with Crippen LogP contribution in [-0.2, 0) is 9.53 Å². The molecule has 2 aromatic carbocycles. The third-order valence-corrected chi connectivity index (χ3v) is 4.16. The topological polar surface area (TPSA) is 55.6 Å². The second-order valence-electron chi connectivity index (χ2n) is 5.76. The lowest BCUT2D eigenvalue weighted by Gasteiger charge is -2.37. The van der Waals surface area contributed by atoms with Crippen molar-refractivity contribution in [1.82, 2.24) is 4.90 Å². The highest BCUT2D eigenvalue weighted by Gasteiger charge is 2.31. The third-order valence-electron chi connectivity index (χ3n) is 4.16. The van der Waals surface area contributed by atoms with Crippen LogP contribution in [0, 0.1) is 11.6 Å². The Kier molecular flexibility index (Phi) is 4.87. The van der Waals surface area contributed by atoms with E-state index in [1.54, 1.807) is 24.3 Å². The molecule has 1 aliphatic heterocycles. The average molecular weight is 332 g/mol. The van der Waals surface area contributed by atoms with Gasteiger partial charge in [-0.2, -0.15) is 0 Å². The average Bonchev–Trinajstić information content (AvgIpc) is 2.57. The zero-order chi connectivity index (χ0) is 17.1. The van der Waals surface area contributed by atoms with Gasteiger partial charge in [-0.3, -0.25) is 9.69 Å². The van der Waals surface area contributed by atoms with E-state index in [-0.39, 0.29) is 17.7 Å². The minimum atomic E-state index is -0.655. The van der Waals surface area contributed by atoms with Crippen LogP contribution >= 0.6 is 0 Å². The number of benzene rings is 2. The summed E-state index contributed by atoms with van der Waals surface area (Å²) in [7, 11) is 0. The summed E-state index contributed by atoms with van der Waals surface area (Å²) in [4.78, 5) is 13.9. The summed E-state index contributed by atoms with van der Waals surface area (Å²) >= 11 is 0. The molecule has 0 saturated carbocycles. The smallest absolute Gasteiger partial charge is 0.239 e. The van der Waals surface area contributed by atoms with Gasteiger partial charge in [0.15, 0.2) is 0 Å². The summed E-state index contributed by atoms with van der Waals surface area (Å²) in [5.74, 6) is -1.18. The first kappa shape index (κ1) is 16.5. The van der Waals surface area contributed by atoms with Gasteiger partial charge >= 0.3 is 0 Å². The maximum atomic E-state index is 13.1. The predicted molar refractivity (Wildman–Crippen MR) is 85.0 cm³/mol. The van der Waals surface area contributed by atoms with Crippen molar-refractivity contribution in [2.75, 3.05) is 19.7 Å². The van der Waals surface area contributed by atoms with Gasteiger partial charge in [0.05, 0.1) is 12.7 Å². The van der Waals surface area contributed by atoms with Crippen LogP contribution in [0.5, 0.6) is 0 Å². The molecule has 2 aromatic rings. The first-order valence-electron chi connectivity index (χ1n) is 7.70. The number of nitrogens with two attached hydrogens (primary N) is 1. The Balaban J connectivity index is 1.82. The lowest BCUT2D eigenvalue weighted by atomic mass is 10.0. The van der Waals surface area contributed by atoms with Crippen LogP contribution in [0.2, 0.25) is 0 Å². The van der Waals surface area contributed by atoms with E-state index in [4.69, 9.17) is 10.5 Å². The van der Waals surface area contributed by atoms with Crippen molar-refractivity contribution in [1.29, 1.82) is 0 Å². The van der Waals surface area contributed by atoms with Crippen molar-refractivity contribution >= 4 is 5.91 Å². The Morgan fingerprint density at radius 3 is 2.25 bits per heavy atom. The molecular formula is C18H18F2N2O2. The number of primary amides is 1. The minimum Gasteiger partial charge on any atom is -0.371 e. The number of rotatable bonds is 4. The van der Waals surface area contributed by atoms with E-state index in [9.17, 15) is 13.6 Å². The van der Waals surface area contributed by atoms with E-state index in [1.807, 2.05) is 4.90 Å². The fraction of sp³-hybridized carbons (Fsp3) is 0.278. The van der Waals surface area contributed by atoms with Crippen LogP contribution in [0.15, 0.2) is 48.5 Å². The molecule has 1 aliphatic rings. The molecule has 0 unspecified atom stereocenters. The van der Waals surface area contributed by atoms with Crippen molar-refractivity contribution < 1.29 is 18.3 Å². The maximum absolute atomic E-state index is 13.1. The van der Waals surface area contributed by atoms with Gasteiger partial charge in [-0.05, 0) is 35.4 Å². The van der Waals surface area contributed by atoms with Crippen LogP contribution in [0.4, 0.5) is 8.78 Å². The summed E-state index contributed by atoms with van der Waals surface area (Å²) in [6.07, 6.45) is -0.276. The molecule has 126 valence electrons. The Morgan fingerprint density at radius 2 is 1.67 bits per heavy atom. The minimum absolute atomic E-state index is 0.276. The highest BCUT2D eigenvalue weighted by Crippen LogP contribution is 2.29. The normalized spacial score (nSPS) is 19.8. The van der Waals surface area contributed by atoms with Gasteiger partial charge in [-0.15, -0.1) is 0 Å². The van der Waals surface area contributed by atoms with Crippen molar-refractivity contribution in [2.45, 2.75) is 12.1 Å². The molecule has 2 atom stereocenters. The lowest BCUT2D eigenvalue weighted by molar-refractivity contribution is -0.127.